The summed E-state index contributed by atoms with van der Waals surface area (Å²) in [6.45, 7) is 32.1. The maximum Gasteiger partial charge on any atom is 0.416 e. The van der Waals surface area contributed by atoms with E-state index in [0.717, 1.165) is 6.07 Å². The van der Waals surface area contributed by atoms with E-state index in [0.29, 0.717) is 5.56 Å². The topological polar surface area (TPSA) is 88.8 Å². The number of halogens is 7. The number of nitriles is 3. The second-order valence-electron chi connectivity index (χ2n) is 10.5. The molecular weight excluding hydrogens is 663 g/mol. The third-order valence-electron chi connectivity index (χ3n) is 7.89. The van der Waals surface area contributed by atoms with Crippen molar-refractivity contribution in [2.24, 2.45) is 0 Å². The molecule has 0 radical (unpaired) electrons. The average molecular weight is 674 g/mol. The predicted octanol–water partition coefficient (Wildman–Crippen LogP) is 10.3. The summed E-state index contributed by atoms with van der Waals surface area (Å²) in [6.07, 6.45) is -10.7. The fraction of sp³-hybridized carbons (Fsp3) is 0.0833. The van der Waals surface area contributed by atoms with Crippen LogP contribution in [-0.4, -0.2) is 0 Å². The van der Waals surface area contributed by atoms with Crippen LogP contribution in [0.15, 0.2) is 53.9 Å². The maximum absolute atomic E-state index is 17.0. The van der Waals surface area contributed by atoms with Gasteiger partial charge in [0.25, 0.3) is 11.4 Å². The van der Waals surface area contributed by atoms with Gasteiger partial charge in [-0.2, -0.15) is 31.6 Å². The molecule has 238 valence electrons. The van der Waals surface area contributed by atoms with Crippen LogP contribution in [0.5, 0.6) is 0 Å². The Morgan fingerprint density at radius 2 is 1.22 bits per heavy atom. The van der Waals surface area contributed by atoms with Crippen LogP contribution in [0.1, 0.15) is 50.1 Å². The van der Waals surface area contributed by atoms with Gasteiger partial charge in [-0.05, 0) is 75.7 Å². The number of benzene rings is 3. The molecule has 3 aromatic carbocycles. The number of hydrogen-bond acceptors (Lipinski definition) is 3. The normalized spacial score (nSPS) is 15.4. The summed E-state index contributed by atoms with van der Waals surface area (Å²) in [5.41, 5.74) is -10.3. The molecule has 2 aliphatic carbocycles. The highest BCUT2D eigenvalue weighted by molar-refractivity contribution is 6.29. The molecule has 2 aliphatic rings. The summed E-state index contributed by atoms with van der Waals surface area (Å²) in [5, 5.41) is 30.1. The van der Waals surface area contributed by atoms with Gasteiger partial charge in [0, 0.05) is 16.7 Å². The van der Waals surface area contributed by atoms with Crippen LogP contribution in [-0.2, 0) is 12.4 Å². The predicted molar refractivity (Wildman–Crippen MR) is 164 cm³/mol. The van der Waals surface area contributed by atoms with Crippen molar-refractivity contribution >= 4 is 39.2 Å². The molecule has 0 spiro atoms. The summed E-state index contributed by atoms with van der Waals surface area (Å²) < 4.78 is 100. The van der Waals surface area contributed by atoms with E-state index in [1.165, 1.54) is 24.3 Å². The number of hydrogen-bond donors (Lipinski definition) is 0. The Balaban J connectivity index is 2.00. The molecule has 50 heavy (non-hydrogen) atoms. The van der Waals surface area contributed by atoms with E-state index >= 15 is 4.39 Å². The smallest absolute Gasteiger partial charge is 0.238 e. The first-order valence-electron chi connectivity index (χ1n) is 13.6. The minimum absolute atomic E-state index is 0.101. The fourth-order valence-electron chi connectivity index (χ4n) is 5.88. The largest absolute Gasteiger partial charge is 0.416 e. The molecule has 0 bridgehead atoms. The molecule has 5 rings (SSSR count). The monoisotopic (exact) mass is 673 g/mol. The highest BCUT2D eigenvalue weighted by atomic mass is 19.4. The van der Waals surface area contributed by atoms with E-state index in [9.17, 15) is 42.1 Å². The van der Waals surface area contributed by atoms with Crippen molar-refractivity contribution in [3.8, 4) is 18.2 Å². The number of alkyl halides is 6. The van der Waals surface area contributed by atoms with Crippen molar-refractivity contribution in [2.45, 2.75) is 19.3 Å². The van der Waals surface area contributed by atoms with Gasteiger partial charge in [0.15, 0.2) is 5.69 Å². The highest BCUT2D eigenvalue weighted by Crippen LogP contribution is 2.57. The van der Waals surface area contributed by atoms with Crippen molar-refractivity contribution < 1.29 is 30.7 Å². The average Bonchev–Trinajstić information content (AvgIpc) is 3.58. The molecule has 0 N–H and O–H groups in total. The summed E-state index contributed by atoms with van der Waals surface area (Å²) in [5.74, 6) is -1.37. The van der Waals surface area contributed by atoms with Gasteiger partial charge >= 0.3 is 12.4 Å². The lowest BCUT2D eigenvalue weighted by Crippen LogP contribution is -2.11. The zero-order valence-electron chi connectivity index (χ0n) is 24.8. The van der Waals surface area contributed by atoms with Crippen LogP contribution >= 0.6 is 0 Å². The number of fused-ring (bicyclic) bond motifs is 2. The first-order valence-corrected chi connectivity index (χ1v) is 13.6. The van der Waals surface area contributed by atoms with Crippen molar-refractivity contribution in [1.29, 1.82) is 15.8 Å². The quantitative estimate of drug-likeness (QED) is 0.154. The lowest BCUT2D eigenvalue weighted by Gasteiger charge is -2.16. The molecule has 0 atom stereocenters. The Morgan fingerprint density at radius 3 is 1.66 bits per heavy atom. The Bertz CT molecular complexity index is 2480. The van der Waals surface area contributed by atoms with Crippen molar-refractivity contribution in [1.82, 2.24) is 0 Å². The van der Waals surface area contributed by atoms with Gasteiger partial charge < -0.3 is 0 Å². The Kier molecular flexibility index (Phi) is 8.12. The van der Waals surface area contributed by atoms with Crippen molar-refractivity contribution in [2.75, 3.05) is 0 Å². The van der Waals surface area contributed by atoms with Gasteiger partial charge in [-0.15, -0.1) is 0 Å². The molecule has 0 saturated carbocycles. The van der Waals surface area contributed by atoms with Crippen LogP contribution in [0.4, 0.5) is 36.4 Å². The summed E-state index contributed by atoms with van der Waals surface area (Å²) in [7, 11) is 0. The van der Waals surface area contributed by atoms with Crippen LogP contribution < -0.4 is 0 Å². The second-order valence-corrected chi connectivity index (χ2v) is 10.5. The molecule has 7 nitrogen and oxygen atoms in total. The van der Waals surface area contributed by atoms with E-state index in [4.69, 9.17) is 26.3 Å². The van der Waals surface area contributed by atoms with Gasteiger partial charge in [-0.25, -0.2) is 34.3 Å². The van der Waals surface area contributed by atoms with E-state index in [1.807, 2.05) is 0 Å². The molecule has 0 unspecified atom stereocenters. The van der Waals surface area contributed by atoms with Crippen LogP contribution in [0.2, 0.25) is 0 Å². The molecule has 14 heteroatoms. The van der Waals surface area contributed by atoms with Gasteiger partial charge in [0.1, 0.15) is 11.9 Å². The lowest BCUT2D eigenvalue weighted by atomic mass is 9.90. The first-order chi connectivity index (χ1) is 23.6. The standard InChI is InChI=1S/C36H10F7N7/c1-16-8-17(6-7-24(16)47-2)28-31(26(15-46)49-4)22-12-21-29(33(37)32(22)34(28)50-5)23(13-44)27(30(21)25(14-45)48-3)18-9-19(35(38,39)40)11-20(10-18)36(41,42)43/h6-12H,1H3/b30-25+,31-26-. The highest BCUT2D eigenvalue weighted by Gasteiger charge is 2.42. The van der Waals surface area contributed by atoms with E-state index in [2.05, 4.69) is 19.4 Å². The van der Waals surface area contributed by atoms with Gasteiger partial charge in [0.2, 0.25) is 5.70 Å². The Morgan fingerprint density at radius 1 is 0.680 bits per heavy atom. The third kappa shape index (κ3) is 5.10. The molecule has 0 saturated heterocycles. The van der Waals surface area contributed by atoms with Gasteiger partial charge in [0.05, 0.1) is 55.1 Å². The lowest BCUT2D eigenvalue weighted by molar-refractivity contribution is -0.143. The Labute approximate surface area is 278 Å². The number of aryl methyl sites for hydroxylation is 1. The molecule has 0 fully saturated rings. The second kappa shape index (κ2) is 12.0. The fourth-order valence-corrected chi connectivity index (χ4v) is 5.88. The van der Waals surface area contributed by atoms with Crippen LogP contribution in [0, 0.1) is 73.0 Å². The van der Waals surface area contributed by atoms with Crippen LogP contribution in [0.3, 0.4) is 0 Å². The van der Waals surface area contributed by atoms with E-state index < -0.39 is 85.4 Å². The number of rotatable bonds is 2. The minimum Gasteiger partial charge on any atom is -0.238 e. The molecule has 0 aliphatic heterocycles. The third-order valence-corrected chi connectivity index (χ3v) is 7.89. The molecular formula is C36H10F7N7. The number of nitrogens with zero attached hydrogens (tertiary/aromatic N) is 7. The van der Waals surface area contributed by atoms with E-state index in [-0.39, 0.29) is 46.2 Å². The minimum atomic E-state index is -5.33. The zero-order valence-corrected chi connectivity index (χ0v) is 24.8. The first kappa shape index (κ1) is 33.9. The zero-order chi connectivity index (χ0) is 36.9. The SMILES string of the molecule is [C-]#[N+]C1=C(c2ccc([N+]#[C-])c(C)c2)/C(=C(/C#N)[N+]#[C-])c2cc3c(c(F)c21)C(C#N)=C(c1cc(C(F)(F)F)cc(C(F)(F)F)c1)/C3=C(\C#N)[N+]#[C-]. The summed E-state index contributed by atoms with van der Waals surface area (Å²) in [6, 6.07) is 10.5. The summed E-state index contributed by atoms with van der Waals surface area (Å²) >= 11 is 0. The number of allylic oxidation sites excluding steroid dienone is 7. The molecule has 0 heterocycles. The Hall–Kier alpha value is -7.44. The van der Waals surface area contributed by atoms with Gasteiger partial charge in [-0.3, -0.25) is 0 Å². The van der Waals surface area contributed by atoms with Crippen molar-refractivity contribution in [3.63, 3.8) is 0 Å². The van der Waals surface area contributed by atoms with Gasteiger partial charge in [-0.1, -0.05) is 18.2 Å². The molecule has 0 aromatic heterocycles. The van der Waals surface area contributed by atoms with E-state index in [1.54, 1.807) is 19.1 Å². The molecule has 0 amide bonds. The molecule has 3 aromatic rings. The maximum atomic E-state index is 17.0. The van der Waals surface area contributed by atoms with Crippen LogP contribution in [0.25, 0.3) is 52.9 Å². The van der Waals surface area contributed by atoms with Crippen molar-refractivity contribution in [3.05, 3.63) is 155 Å². The summed E-state index contributed by atoms with van der Waals surface area (Å²) in [4.78, 5) is 13.1.